The fourth-order valence-corrected chi connectivity index (χ4v) is 3.34. The van der Waals surface area contributed by atoms with Crippen LogP contribution < -0.4 is 0 Å². The maximum Gasteiger partial charge on any atom is 0.338 e. The van der Waals surface area contributed by atoms with Gasteiger partial charge >= 0.3 is 5.97 Å². The van der Waals surface area contributed by atoms with Gasteiger partial charge in [-0.2, -0.15) is 0 Å². The summed E-state index contributed by atoms with van der Waals surface area (Å²) in [6.07, 6.45) is 1.71. The Morgan fingerprint density at radius 1 is 1.28 bits per heavy atom. The third-order valence-corrected chi connectivity index (χ3v) is 4.51. The zero-order valence-corrected chi connectivity index (χ0v) is 14.5. The number of phenolic OH excluding ortho intramolecular Hbond substituents is 1. The monoisotopic (exact) mass is 356 g/mol. The van der Waals surface area contributed by atoms with Crippen LogP contribution >= 0.6 is 11.3 Å². The molecule has 0 bridgehead atoms. The Hall–Kier alpha value is -2.93. The average Bonchev–Trinajstić information content (AvgIpc) is 3.20. The number of benzene rings is 1. The van der Waals surface area contributed by atoms with Gasteiger partial charge in [0.15, 0.2) is 11.7 Å². The Balaban J connectivity index is 1.74. The number of aryl methyl sites for hydroxylation is 1. The van der Waals surface area contributed by atoms with E-state index >= 15 is 0 Å². The number of aromatic nitrogens is 2. The standard InChI is InChI=1S/C18H16N2O4S/c1-11-8-15(12(2)20(11)18-19-6-7-25-18)16(22)10-24-17(23)13-4-3-5-14(21)9-13/h3-9,21H,10H2,1-2H3. The fraction of sp³-hybridized carbons (Fsp3) is 0.167. The van der Waals surface area contributed by atoms with Crippen molar-refractivity contribution in [2.24, 2.45) is 0 Å². The number of hydrogen-bond acceptors (Lipinski definition) is 6. The number of phenols is 1. The highest BCUT2D eigenvalue weighted by atomic mass is 32.1. The highest BCUT2D eigenvalue weighted by Crippen LogP contribution is 2.22. The maximum absolute atomic E-state index is 12.4. The number of hydrogen-bond donors (Lipinski definition) is 1. The predicted molar refractivity (Wildman–Crippen MR) is 93.6 cm³/mol. The van der Waals surface area contributed by atoms with E-state index in [1.165, 1.54) is 35.6 Å². The van der Waals surface area contributed by atoms with Crippen molar-refractivity contribution in [1.29, 1.82) is 0 Å². The van der Waals surface area contributed by atoms with Crippen LogP contribution in [0.25, 0.3) is 5.13 Å². The molecule has 0 saturated carbocycles. The Morgan fingerprint density at radius 3 is 2.76 bits per heavy atom. The van der Waals surface area contributed by atoms with Crippen molar-refractivity contribution in [1.82, 2.24) is 9.55 Å². The number of ether oxygens (including phenoxy) is 1. The van der Waals surface area contributed by atoms with E-state index in [1.54, 1.807) is 12.3 Å². The summed E-state index contributed by atoms with van der Waals surface area (Å²) in [5.74, 6) is -0.977. The first-order chi connectivity index (χ1) is 12.0. The van der Waals surface area contributed by atoms with Crippen molar-refractivity contribution < 1.29 is 19.4 Å². The number of aromatic hydroxyl groups is 1. The molecule has 6 nitrogen and oxygen atoms in total. The van der Waals surface area contributed by atoms with Gasteiger partial charge in [-0.1, -0.05) is 6.07 Å². The van der Waals surface area contributed by atoms with Gasteiger partial charge in [-0.05, 0) is 38.1 Å². The summed E-state index contributed by atoms with van der Waals surface area (Å²) in [6, 6.07) is 7.56. The molecule has 2 aromatic heterocycles. The molecule has 0 amide bonds. The Morgan fingerprint density at radius 2 is 2.08 bits per heavy atom. The van der Waals surface area contributed by atoms with Crippen molar-refractivity contribution in [2.45, 2.75) is 13.8 Å². The van der Waals surface area contributed by atoms with Crippen LogP contribution in [0.2, 0.25) is 0 Å². The third kappa shape index (κ3) is 3.46. The minimum atomic E-state index is -0.655. The molecule has 3 aromatic rings. The van der Waals surface area contributed by atoms with Gasteiger partial charge in [-0.15, -0.1) is 11.3 Å². The van der Waals surface area contributed by atoms with Gasteiger partial charge in [0.05, 0.1) is 5.56 Å². The van der Waals surface area contributed by atoms with Crippen molar-refractivity contribution >= 4 is 23.1 Å². The molecule has 2 heterocycles. The highest BCUT2D eigenvalue weighted by Gasteiger charge is 2.19. The summed E-state index contributed by atoms with van der Waals surface area (Å²) in [7, 11) is 0. The summed E-state index contributed by atoms with van der Waals surface area (Å²) in [4.78, 5) is 28.7. The molecule has 0 unspecified atom stereocenters. The normalized spacial score (nSPS) is 10.6. The van der Waals surface area contributed by atoms with Gasteiger partial charge in [0.25, 0.3) is 0 Å². The molecule has 0 saturated heterocycles. The number of ketones is 1. The van der Waals surface area contributed by atoms with Gasteiger partial charge in [0.1, 0.15) is 5.75 Å². The summed E-state index contributed by atoms with van der Waals surface area (Å²) in [5.41, 5.74) is 2.33. The lowest BCUT2D eigenvalue weighted by Crippen LogP contribution is -2.15. The molecule has 0 fully saturated rings. The largest absolute Gasteiger partial charge is 0.508 e. The van der Waals surface area contributed by atoms with Crippen molar-refractivity contribution in [2.75, 3.05) is 6.61 Å². The van der Waals surface area contributed by atoms with Crippen molar-refractivity contribution in [3.8, 4) is 10.9 Å². The van der Waals surface area contributed by atoms with Gasteiger partial charge in [-0.25, -0.2) is 9.78 Å². The van der Waals surface area contributed by atoms with Crippen LogP contribution in [0, 0.1) is 13.8 Å². The zero-order valence-electron chi connectivity index (χ0n) is 13.7. The number of carbonyl (C=O) groups is 2. The van der Waals surface area contributed by atoms with E-state index in [0.717, 1.165) is 16.5 Å². The molecule has 3 rings (SSSR count). The number of thiazole rings is 1. The number of nitrogens with zero attached hydrogens (tertiary/aromatic N) is 2. The van der Waals surface area contributed by atoms with Crippen LogP contribution in [-0.4, -0.2) is 33.0 Å². The molecule has 0 atom stereocenters. The first kappa shape index (κ1) is 16.9. The van der Waals surface area contributed by atoms with Crippen LogP contribution in [0.5, 0.6) is 5.75 Å². The Labute approximate surface area is 148 Å². The first-order valence-electron chi connectivity index (χ1n) is 7.55. The smallest absolute Gasteiger partial charge is 0.338 e. The lowest BCUT2D eigenvalue weighted by Gasteiger charge is -2.06. The molecular weight excluding hydrogens is 340 g/mol. The van der Waals surface area contributed by atoms with Crippen LogP contribution in [0.15, 0.2) is 41.9 Å². The SMILES string of the molecule is Cc1cc(C(=O)COC(=O)c2cccc(O)c2)c(C)n1-c1nccs1. The third-order valence-electron chi connectivity index (χ3n) is 3.76. The van der Waals surface area contributed by atoms with Crippen LogP contribution in [0.1, 0.15) is 32.1 Å². The van der Waals surface area contributed by atoms with E-state index in [9.17, 15) is 14.7 Å². The number of Topliss-reactive ketones (excluding diaryl/α,β-unsaturated/α-hetero) is 1. The number of carbonyl (C=O) groups excluding carboxylic acids is 2. The first-order valence-corrected chi connectivity index (χ1v) is 8.43. The van der Waals surface area contributed by atoms with Gasteiger partial charge in [0, 0.05) is 28.5 Å². The van der Waals surface area contributed by atoms with E-state index in [1.807, 2.05) is 23.8 Å². The Kier molecular flexibility index (Phi) is 4.67. The van der Waals surface area contributed by atoms with Crippen LogP contribution in [0.4, 0.5) is 0 Å². The number of rotatable bonds is 5. The van der Waals surface area contributed by atoms with E-state index < -0.39 is 5.97 Å². The molecule has 0 aliphatic rings. The molecular formula is C18H16N2O4S. The van der Waals surface area contributed by atoms with Crippen LogP contribution in [-0.2, 0) is 4.74 Å². The molecule has 7 heteroatoms. The molecule has 0 aliphatic heterocycles. The van der Waals surface area contributed by atoms with E-state index in [0.29, 0.717) is 5.56 Å². The van der Waals surface area contributed by atoms with E-state index in [2.05, 4.69) is 4.98 Å². The second kappa shape index (κ2) is 6.90. The summed E-state index contributed by atoms with van der Waals surface area (Å²) < 4.78 is 6.97. The number of esters is 1. The fourth-order valence-electron chi connectivity index (χ4n) is 2.59. The molecule has 25 heavy (non-hydrogen) atoms. The minimum Gasteiger partial charge on any atom is -0.508 e. The average molecular weight is 356 g/mol. The van der Waals surface area contributed by atoms with Crippen molar-refractivity contribution in [3.05, 3.63) is 64.4 Å². The second-order valence-corrected chi connectivity index (χ2v) is 6.36. The quantitative estimate of drug-likeness (QED) is 0.560. The molecule has 128 valence electrons. The summed E-state index contributed by atoms with van der Waals surface area (Å²) in [6.45, 7) is 3.36. The molecule has 1 aromatic carbocycles. The lowest BCUT2D eigenvalue weighted by atomic mass is 10.1. The summed E-state index contributed by atoms with van der Waals surface area (Å²) >= 11 is 1.48. The molecule has 0 aliphatic carbocycles. The van der Waals surface area contributed by atoms with Gasteiger partial charge in [-0.3, -0.25) is 9.36 Å². The van der Waals surface area contributed by atoms with Crippen molar-refractivity contribution in [3.63, 3.8) is 0 Å². The highest BCUT2D eigenvalue weighted by molar-refractivity contribution is 7.12. The van der Waals surface area contributed by atoms with Crippen LogP contribution in [0.3, 0.4) is 0 Å². The second-order valence-electron chi connectivity index (χ2n) is 5.48. The molecule has 0 spiro atoms. The topological polar surface area (TPSA) is 81.4 Å². The van der Waals surface area contributed by atoms with Gasteiger partial charge in [0.2, 0.25) is 5.78 Å². The lowest BCUT2D eigenvalue weighted by molar-refractivity contribution is 0.0474. The minimum absolute atomic E-state index is 0.0345. The molecule has 0 radical (unpaired) electrons. The van der Waals surface area contributed by atoms with E-state index in [-0.39, 0.29) is 23.7 Å². The predicted octanol–water partition coefficient (Wildman–Crippen LogP) is 3.30. The van der Waals surface area contributed by atoms with E-state index in [4.69, 9.17) is 4.74 Å². The zero-order chi connectivity index (χ0) is 18.0. The molecule has 1 N–H and O–H groups in total. The summed E-state index contributed by atoms with van der Waals surface area (Å²) in [5, 5.41) is 12.0. The Bertz CT molecular complexity index is 929. The van der Waals surface area contributed by atoms with Gasteiger partial charge < -0.3 is 9.84 Å². The maximum atomic E-state index is 12.4.